The van der Waals surface area contributed by atoms with Crippen molar-refractivity contribution in [1.29, 1.82) is 0 Å². The number of nitrogens with zero attached hydrogens (tertiary/aromatic N) is 1. The highest BCUT2D eigenvalue weighted by Gasteiger charge is 2.31. The Morgan fingerprint density at radius 2 is 2.00 bits per heavy atom. The summed E-state index contributed by atoms with van der Waals surface area (Å²) in [5.41, 5.74) is 5.49. The zero-order valence-electron chi connectivity index (χ0n) is 11.8. The summed E-state index contributed by atoms with van der Waals surface area (Å²) in [5.74, 6) is 0. The van der Waals surface area contributed by atoms with Crippen molar-refractivity contribution in [1.82, 2.24) is 0 Å². The minimum Gasteiger partial charge on any atom is -0.395 e. The Balaban J connectivity index is 3.23. The number of aliphatic hydroxyl groups is 1. The van der Waals surface area contributed by atoms with E-state index in [0.717, 1.165) is 25.0 Å². The van der Waals surface area contributed by atoms with Gasteiger partial charge in [0.15, 0.2) is 0 Å². The first-order valence-corrected chi connectivity index (χ1v) is 7.09. The van der Waals surface area contributed by atoms with Crippen molar-refractivity contribution in [2.75, 3.05) is 24.6 Å². The molecule has 0 heterocycles. The second kappa shape index (κ2) is 7.61. The normalized spacial score (nSPS) is 11.5. The van der Waals surface area contributed by atoms with Gasteiger partial charge in [-0.2, -0.15) is 13.2 Å². The molecular formula is C14H19F3N2OS. The van der Waals surface area contributed by atoms with Crippen LogP contribution in [0.15, 0.2) is 18.2 Å². The van der Waals surface area contributed by atoms with Gasteiger partial charge >= 0.3 is 6.18 Å². The first-order valence-electron chi connectivity index (χ1n) is 6.68. The molecule has 0 saturated carbocycles. The first-order chi connectivity index (χ1) is 9.81. The Hall–Kier alpha value is -1.34. The van der Waals surface area contributed by atoms with Crippen LogP contribution in [0.25, 0.3) is 0 Å². The number of rotatable bonds is 7. The summed E-state index contributed by atoms with van der Waals surface area (Å²) < 4.78 is 38.3. The molecule has 0 saturated heterocycles. The molecule has 3 nitrogen and oxygen atoms in total. The molecule has 0 bridgehead atoms. The Kier molecular flexibility index (Phi) is 6.42. The number of benzene rings is 1. The van der Waals surface area contributed by atoms with Crippen LogP contribution in [0.3, 0.4) is 0 Å². The molecule has 0 aliphatic carbocycles. The molecule has 118 valence electrons. The van der Waals surface area contributed by atoms with Crippen LogP contribution in [0.1, 0.15) is 30.9 Å². The summed E-state index contributed by atoms with van der Waals surface area (Å²) in [6.45, 7) is 2.86. The molecule has 0 fully saturated rings. The van der Waals surface area contributed by atoms with E-state index in [-0.39, 0.29) is 17.2 Å². The van der Waals surface area contributed by atoms with Gasteiger partial charge in [0.1, 0.15) is 4.99 Å². The molecule has 1 aromatic rings. The number of nitrogens with two attached hydrogens (primary N) is 1. The van der Waals surface area contributed by atoms with Crippen LogP contribution < -0.4 is 10.6 Å². The van der Waals surface area contributed by atoms with Crippen molar-refractivity contribution in [2.45, 2.75) is 25.9 Å². The van der Waals surface area contributed by atoms with Gasteiger partial charge in [0.2, 0.25) is 0 Å². The SMILES string of the molecule is CCCCN(CCO)c1ccc(C(F)(F)F)cc1C(N)=S. The zero-order chi connectivity index (χ0) is 16.0. The van der Waals surface area contributed by atoms with E-state index < -0.39 is 11.7 Å². The van der Waals surface area contributed by atoms with Crippen LogP contribution in [-0.2, 0) is 6.18 Å². The maximum atomic E-state index is 12.8. The fourth-order valence-electron chi connectivity index (χ4n) is 2.01. The summed E-state index contributed by atoms with van der Waals surface area (Å²) in [6.07, 6.45) is -2.65. The Labute approximate surface area is 127 Å². The molecule has 21 heavy (non-hydrogen) atoms. The quantitative estimate of drug-likeness (QED) is 0.759. The van der Waals surface area contributed by atoms with Gasteiger partial charge in [-0.3, -0.25) is 0 Å². The van der Waals surface area contributed by atoms with Gasteiger partial charge in [0.05, 0.1) is 12.2 Å². The number of halogens is 3. The van der Waals surface area contributed by atoms with E-state index in [0.29, 0.717) is 18.8 Å². The largest absolute Gasteiger partial charge is 0.416 e. The number of anilines is 1. The fourth-order valence-corrected chi connectivity index (χ4v) is 2.17. The summed E-state index contributed by atoms with van der Waals surface area (Å²) in [6, 6.07) is 3.34. The van der Waals surface area contributed by atoms with E-state index in [2.05, 4.69) is 0 Å². The molecule has 0 amide bonds. The molecule has 1 rings (SSSR count). The third-order valence-electron chi connectivity index (χ3n) is 3.08. The molecule has 0 atom stereocenters. The van der Waals surface area contributed by atoms with Gasteiger partial charge < -0.3 is 15.7 Å². The standard InChI is InChI=1S/C14H19F3N2OS/c1-2-3-6-19(7-8-20)12-5-4-10(14(15,16)17)9-11(12)13(18)21/h4-5,9,20H,2-3,6-8H2,1H3,(H2,18,21). The van der Waals surface area contributed by atoms with Crippen LogP contribution >= 0.6 is 12.2 Å². The zero-order valence-corrected chi connectivity index (χ0v) is 12.6. The van der Waals surface area contributed by atoms with Crippen LogP contribution in [0.4, 0.5) is 18.9 Å². The molecule has 0 spiro atoms. The molecule has 1 aromatic carbocycles. The summed E-state index contributed by atoms with van der Waals surface area (Å²) in [4.78, 5) is 1.72. The topological polar surface area (TPSA) is 49.5 Å². The Morgan fingerprint density at radius 1 is 1.33 bits per heavy atom. The van der Waals surface area contributed by atoms with Gasteiger partial charge in [-0.05, 0) is 24.6 Å². The predicted molar refractivity (Wildman–Crippen MR) is 81.5 cm³/mol. The lowest BCUT2D eigenvalue weighted by atomic mass is 10.1. The highest BCUT2D eigenvalue weighted by Crippen LogP contribution is 2.33. The van der Waals surface area contributed by atoms with E-state index >= 15 is 0 Å². The third-order valence-corrected chi connectivity index (χ3v) is 3.30. The van der Waals surface area contributed by atoms with Gasteiger partial charge in [0, 0.05) is 24.3 Å². The average molecular weight is 320 g/mol. The average Bonchev–Trinajstić information content (AvgIpc) is 2.41. The van der Waals surface area contributed by atoms with Crippen LogP contribution in [0.5, 0.6) is 0 Å². The monoisotopic (exact) mass is 320 g/mol. The maximum absolute atomic E-state index is 12.8. The number of hydrogen-bond donors (Lipinski definition) is 2. The van der Waals surface area contributed by atoms with Crippen molar-refractivity contribution < 1.29 is 18.3 Å². The van der Waals surface area contributed by atoms with Gasteiger partial charge in [0.25, 0.3) is 0 Å². The van der Waals surface area contributed by atoms with Crippen molar-refractivity contribution in [2.24, 2.45) is 5.73 Å². The lowest BCUT2D eigenvalue weighted by Gasteiger charge is -2.26. The highest BCUT2D eigenvalue weighted by atomic mass is 32.1. The Morgan fingerprint density at radius 3 is 2.48 bits per heavy atom. The maximum Gasteiger partial charge on any atom is 0.416 e. The van der Waals surface area contributed by atoms with E-state index in [1.807, 2.05) is 6.92 Å². The van der Waals surface area contributed by atoms with Crippen molar-refractivity contribution in [3.8, 4) is 0 Å². The van der Waals surface area contributed by atoms with Crippen LogP contribution in [0.2, 0.25) is 0 Å². The third kappa shape index (κ3) is 4.86. The van der Waals surface area contributed by atoms with Crippen molar-refractivity contribution in [3.63, 3.8) is 0 Å². The number of thiocarbonyl (C=S) groups is 1. The van der Waals surface area contributed by atoms with Gasteiger partial charge in [-0.25, -0.2) is 0 Å². The second-order valence-corrected chi connectivity index (χ2v) is 5.10. The van der Waals surface area contributed by atoms with Crippen molar-refractivity contribution in [3.05, 3.63) is 29.3 Å². The summed E-state index contributed by atoms with van der Waals surface area (Å²) in [7, 11) is 0. The minimum absolute atomic E-state index is 0.0875. The van der Waals surface area contributed by atoms with Crippen LogP contribution in [0, 0.1) is 0 Å². The van der Waals surface area contributed by atoms with Gasteiger partial charge in [-0.1, -0.05) is 25.6 Å². The van der Waals surface area contributed by atoms with E-state index in [9.17, 15) is 13.2 Å². The lowest BCUT2D eigenvalue weighted by molar-refractivity contribution is -0.137. The minimum atomic E-state index is -4.44. The van der Waals surface area contributed by atoms with E-state index in [4.69, 9.17) is 23.1 Å². The Bertz CT molecular complexity index is 492. The molecule has 0 aromatic heterocycles. The lowest BCUT2D eigenvalue weighted by Crippen LogP contribution is -2.30. The van der Waals surface area contributed by atoms with E-state index in [1.165, 1.54) is 6.07 Å². The number of hydrogen-bond acceptors (Lipinski definition) is 3. The molecule has 0 radical (unpaired) electrons. The number of alkyl halides is 3. The van der Waals surface area contributed by atoms with Crippen LogP contribution in [-0.4, -0.2) is 29.8 Å². The summed E-state index contributed by atoms with van der Waals surface area (Å²) in [5, 5.41) is 9.12. The van der Waals surface area contributed by atoms with Gasteiger partial charge in [-0.15, -0.1) is 0 Å². The van der Waals surface area contributed by atoms with E-state index in [1.54, 1.807) is 4.90 Å². The molecule has 3 N–H and O–H groups in total. The number of unbranched alkanes of at least 4 members (excludes halogenated alkanes) is 1. The summed E-state index contributed by atoms with van der Waals surface area (Å²) >= 11 is 4.87. The highest BCUT2D eigenvalue weighted by molar-refractivity contribution is 7.80. The molecule has 0 aliphatic heterocycles. The van der Waals surface area contributed by atoms with Crippen molar-refractivity contribution >= 4 is 22.9 Å². The number of aliphatic hydroxyl groups excluding tert-OH is 1. The predicted octanol–water partition coefficient (Wildman–Crippen LogP) is 2.94. The molecular weight excluding hydrogens is 301 g/mol. The molecule has 0 unspecified atom stereocenters. The fraction of sp³-hybridized carbons (Fsp3) is 0.500. The second-order valence-electron chi connectivity index (χ2n) is 4.66. The molecule has 0 aliphatic rings. The first kappa shape index (κ1) is 17.7. The smallest absolute Gasteiger partial charge is 0.395 e. The molecule has 7 heteroatoms.